The minimum Gasteiger partial charge on any atom is -0.342 e. The quantitative estimate of drug-likeness (QED) is 0.514. The second-order valence-corrected chi connectivity index (χ2v) is 8.72. The van der Waals surface area contributed by atoms with E-state index in [0.717, 1.165) is 24.7 Å². The second kappa shape index (κ2) is 9.95. The summed E-state index contributed by atoms with van der Waals surface area (Å²) in [4.78, 5) is 1.58. The summed E-state index contributed by atoms with van der Waals surface area (Å²) in [5.74, 6) is 0.716. The molecule has 0 spiro atoms. The van der Waals surface area contributed by atoms with Crippen molar-refractivity contribution in [1.82, 2.24) is 4.57 Å². The average Bonchev–Trinajstić information content (AvgIpc) is 3.06. The second-order valence-electron chi connectivity index (χ2n) is 8.28. The maximum Gasteiger partial charge on any atom is 0.118 e. The fraction of sp³-hybridized carbons (Fsp3) is 0.360. The predicted octanol–water partition coefficient (Wildman–Crippen LogP) is 5.13. The topological polar surface area (TPSA) is 9.37 Å². The van der Waals surface area contributed by atoms with E-state index in [1.165, 1.54) is 35.3 Å². The molecule has 0 aliphatic carbocycles. The lowest BCUT2D eigenvalue weighted by molar-refractivity contribution is -0.928. The molecule has 148 valence electrons. The van der Waals surface area contributed by atoms with Gasteiger partial charge in [-0.25, -0.2) is 0 Å². The summed E-state index contributed by atoms with van der Waals surface area (Å²) in [5, 5.41) is 0.823. The van der Waals surface area contributed by atoms with Gasteiger partial charge in [0.25, 0.3) is 0 Å². The third-order valence-electron chi connectivity index (χ3n) is 5.21. The van der Waals surface area contributed by atoms with Crippen LogP contribution in [0.2, 0.25) is 5.02 Å². The van der Waals surface area contributed by atoms with Crippen molar-refractivity contribution in [2.45, 2.75) is 46.8 Å². The molecule has 0 fully saturated rings. The molecule has 0 bridgehead atoms. The number of aromatic nitrogens is 1. The molecule has 0 aliphatic heterocycles. The summed E-state index contributed by atoms with van der Waals surface area (Å²) >= 11 is 6.21. The first-order valence-corrected chi connectivity index (χ1v) is 10.6. The molecule has 0 saturated heterocycles. The standard InChI is InChI=1S/C25H31ClN2/c1-20(2)12-14-27(17-23-9-5-10-24(26)16-23)19-25-11-6-13-28(25)18-22-8-4-7-21(3)15-22/h4-11,13,15-16,20H,12,14,17-19H2,1-3H3/p+1. The lowest BCUT2D eigenvalue weighted by atomic mass is 10.1. The van der Waals surface area contributed by atoms with Crippen LogP contribution in [0, 0.1) is 12.8 Å². The van der Waals surface area contributed by atoms with Gasteiger partial charge < -0.3 is 9.47 Å². The highest BCUT2D eigenvalue weighted by Gasteiger charge is 2.14. The average molecular weight is 396 g/mol. The van der Waals surface area contributed by atoms with Crippen molar-refractivity contribution in [2.75, 3.05) is 6.54 Å². The Bertz CT molecular complexity index is 882. The van der Waals surface area contributed by atoms with Crippen LogP contribution < -0.4 is 4.90 Å². The first kappa shape index (κ1) is 20.7. The minimum atomic E-state index is 0.716. The third kappa shape index (κ3) is 6.25. The van der Waals surface area contributed by atoms with E-state index in [0.29, 0.717) is 5.92 Å². The Morgan fingerprint density at radius 2 is 1.71 bits per heavy atom. The number of hydrogen-bond donors (Lipinski definition) is 1. The highest BCUT2D eigenvalue weighted by molar-refractivity contribution is 6.30. The zero-order valence-electron chi connectivity index (χ0n) is 17.3. The van der Waals surface area contributed by atoms with Crippen LogP contribution in [0.25, 0.3) is 0 Å². The van der Waals surface area contributed by atoms with Crippen LogP contribution in [-0.4, -0.2) is 11.1 Å². The Kier molecular flexibility index (Phi) is 7.36. The molecule has 0 amide bonds. The fourth-order valence-electron chi connectivity index (χ4n) is 3.70. The van der Waals surface area contributed by atoms with E-state index in [4.69, 9.17) is 11.6 Å². The highest BCUT2D eigenvalue weighted by atomic mass is 35.5. The molecule has 1 atom stereocenters. The van der Waals surface area contributed by atoms with Crippen molar-refractivity contribution in [3.05, 3.63) is 94.3 Å². The van der Waals surface area contributed by atoms with Crippen molar-refractivity contribution in [3.8, 4) is 0 Å². The molecule has 3 rings (SSSR count). The Hall–Kier alpha value is -2.03. The van der Waals surface area contributed by atoms with E-state index in [2.05, 4.69) is 86.1 Å². The molecule has 2 aromatic carbocycles. The predicted molar refractivity (Wildman–Crippen MR) is 119 cm³/mol. The van der Waals surface area contributed by atoms with E-state index in [1.54, 1.807) is 4.90 Å². The maximum absolute atomic E-state index is 6.21. The molecule has 0 saturated carbocycles. The largest absolute Gasteiger partial charge is 0.342 e. The lowest BCUT2D eigenvalue weighted by Gasteiger charge is -2.22. The van der Waals surface area contributed by atoms with Gasteiger partial charge in [0.15, 0.2) is 0 Å². The van der Waals surface area contributed by atoms with E-state index in [9.17, 15) is 0 Å². The third-order valence-corrected chi connectivity index (χ3v) is 5.44. The Balaban J connectivity index is 1.74. The van der Waals surface area contributed by atoms with E-state index in [1.807, 2.05) is 6.07 Å². The minimum absolute atomic E-state index is 0.716. The van der Waals surface area contributed by atoms with Gasteiger partial charge in [0.1, 0.15) is 13.1 Å². The van der Waals surface area contributed by atoms with Crippen LogP contribution in [0.15, 0.2) is 66.9 Å². The number of nitrogens with one attached hydrogen (secondary N) is 1. The van der Waals surface area contributed by atoms with Gasteiger partial charge in [0.2, 0.25) is 0 Å². The van der Waals surface area contributed by atoms with Crippen LogP contribution >= 0.6 is 11.6 Å². The molecule has 2 nitrogen and oxygen atoms in total. The van der Waals surface area contributed by atoms with Gasteiger partial charge in [-0.15, -0.1) is 0 Å². The van der Waals surface area contributed by atoms with Crippen molar-refractivity contribution in [1.29, 1.82) is 0 Å². The molecule has 1 unspecified atom stereocenters. The summed E-state index contributed by atoms with van der Waals surface area (Å²) in [6.45, 7) is 10.9. The van der Waals surface area contributed by atoms with Crippen molar-refractivity contribution < 1.29 is 4.90 Å². The number of benzene rings is 2. The zero-order valence-corrected chi connectivity index (χ0v) is 18.0. The van der Waals surface area contributed by atoms with Crippen LogP contribution in [-0.2, 0) is 19.6 Å². The number of hydrogen-bond acceptors (Lipinski definition) is 0. The summed E-state index contributed by atoms with van der Waals surface area (Å²) in [6, 6.07) is 21.5. The van der Waals surface area contributed by atoms with Crippen molar-refractivity contribution >= 4 is 11.6 Å². The summed E-state index contributed by atoms with van der Waals surface area (Å²) in [7, 11) is 0. The number of quaternary nitrogens is 1. The smallest absolute Gasteiger partial charge is 0.118 e. The molecule has 28 heavy (non-hydrogen) atoms. The highest BCUT2D eigenvalue weighted by Crippen LogP contribution is 2.11. The Labute approximate surface area is 174 Å². The van der Waals surface area contributed by atoms with E-state index < -0.39 is 0 Å². The van der Waals surface area contributed by atoms with Crippen LogP contribution in [0.3, 0.4) is 0 Å². The van der Waals surface area contributed by atoms with Crippen LogP contribution in [0.5, 0.6) is 0 Å². The van der Waals surface area contributed by atoms with Crippen molar-refractivity contribution in [2.24, 2.45) is 5.92 Å². The van der Waals surface area contributed by atoms with Crippen molar-refractivity contribution in [3.63, 3.8) is 0 Å². The molecule has 0 aliphatic rings. The number of nitrogens with zero attached hydrogens (tertiary/aromatic N) is 1. The SMILES string of the molecule is Cc1cccc(Cn2cccc2C[NH+](CCC(C)C)Cc2cccc(Cl)c2)c1. The number of halogens is 1. The van der Waals surface area contributed by atoms with Gasteiger partial charge >= 0.3 is 0 Å². The summed E-state index contributed by atoms with van der Waals surface area (Å²) < 4.78 is 2.39. The molecule has 1 N–H and O–H groups in total. The molecule has 0 radical (unpaired) electrons. The summed E-state index contributed by atoms with van der Waals surface area (Å²) in [5.41, 5.74) is 5.37. The summed E-state index contributed by atoms with van der Waals surface area (Å²) in [6.07, 6.45) is 3.44. The monoisotopic (exact) mass is 395 g/mol. The molecular weight excluding hydrogens is 364 g/mol. The molecule has 3 aromatic rings. The Morgan fingerprint density at radius 3 is 2.46 bits per heavy atom. The normalized spacial score (nSPS) is 12.5. The van der Waals surface area contributed by atoms with Crippen LogP contribution in [0.1, 0.15) is 42.7 Å². The first-order valence-electron chi connectivity index (χ1n) is 10.3. The van der Waals surface area contributed by atoms with Gasteiger partial charge in [0, 0.05) is 23.3 Å². The molecule has 1 heterocycles. The fourth-order valence-corrected chi connectivity index (χ4v) is 3.91. The van der Waals surface area contributed by atoms with Gasteiger partial charge in [-0.05, 0) is 49.1 Å². The van der Waals surface area contributed by atoms with Gasteiger partial charge in [-0.1, -0.05) is 67.4 Å². The Morgan fingerprint density at radius 1 is 0.929 bits per heavy atom. The molecule has 3 heteroatoms. The van der Waals surface area contributed by atoms with Crippen LogP contribution in [0.4, 0.5) is 0 Å². The lowest BCUT2D eigenvalue weighted by Crippen LogP contribution is -3.09. The van der Waals surface area contributed by atoms with E-state index >= 15 is 0 Å². The first-order chi connectivity index (χ1) is 13.5. The van der Waals surface area contributed by atoms with Gasteiger partial charge in [-0.3, -0.25) is 0 Å². The molecular formula is C25H32ClN2+. The number of rotatable bonds is 9. The van der Waals surface area contributed by atoms with Gasteiger partial charge in [-0.2, -0.15) is 0 Å². The van der Waals surface area contributed by atoms with E-state index in [-0.39, 0.29) is 0 Å². The zero-order chi connectivity index (χ0) is 19.9. The maximum atomic E-state index is 6.21. The van der Waals surface area contributed by atoms with Gasteiger partial charge in [0.05, 0.1) is 12.2 Å². The molecule has 1 aromatic heterocycles. The number of aryl methyl sites for hydroxylation is 1.